The molecule has 0 aromatic heterocycles. The zero-order valence-electron chi connectivity index (χ0n) is 14.9. The molecule has 0 radical (unpaired) electrons. The molecule has 0 bridgehead atoms. The average molecular weight is 356 g/mol. The molecule has 0 aliphatic rings. The maximum absolute atomic E-state index is 12.5. The summed E-state index contributed by atoms with van der Waals surface area (Å²) in [6.45, 7) is 2.62. The van der Waals surface area contributed by atoms with Gasteiger partial charge in [0, 0.05) is 18.0 Å². The molecule has 1 amide bonds. The van der Waals surface area contributed by atoms with E-state index in [1.165, 1.54) is 7.11 Å². The van der Waals surface area contributed by atoms with Crippen LogP contribution in [0.3, 0.4) is 0 Å². The molecule has 6 heteroatoms. The zero-order valence-corrected chi connectivity index (χ0v) is 14.9. The molecule has 0 aliphatic carbocycles. The summed E-state index contributed by atoms with van der Waals surface area (Å²) in [5.74, 6) is -0.387. The van der Waals surface area contributed by atoms with Gasteiger partial charge in [0.25, 0.3) is 5.91 Å². The van der Waals surface area contributed by atoms with Crippen LogP contribution in [0.15, 0.2) is 48.5 Å². The van der Waals surface area contributed by atoms with Crippen LogP contribution in [0.4, 0.5) is 0 Å². The van der Waals surface area contributed by atoms with Crippen molar-refractivity contribution < 1.29 is 24.2 Å². The van der Waals surface area contributed by atoms with Gasteiger partial charge in [0.15, 0.2) is 0 Å². The Labute approximate surface area is 152 Å². The number of nitrogens with one attached hydrogen (secondary N) is 1. The predicted molar refractivity (Wildman–Crippen MR) is 95.1 cm³/mol. The van der Waals surface area contributed by atoms with Gasteiger partial charge in [-0.15, -0.1) is 0 Å². The quantitative estimate of drug-likeness (QED) is 0.743. The van der Waals surface area contributed by atoms with E-state index in [9.17, 15) is 14.7 Å². The Morgan fingerprint density at radius 1 is 1.12 bits per heavy atom. The van der Waals surface area contributed by atoms with Crippen LogP contribution in [-0.4, -0.2) is 25.6 Å². The third-order valence-corrected chi connectivity index (χ3v) is 3.76. The van der Waals surface area contributed by atoms with E-state index in [4.69, 9.17) is 9.47 Å². The van der Waals surface area contributed by atoms with Crippen molar-refractivity contribution in [1.29, 1.82) is 0 Å². The van der Waals surface area contributed by atoms with Gasteiger partial charge in [-0.05, 0) is 42.3 Å². The number of carbonyl (C=O) groups excluding carboxylic acids is 2. The lowest BCUT2D eigenvalue weighted by Crippen LogP contribution is -2.34. The number of methoxy groups -OCH3 is 1. The molecule has 0 saturated heterocycles. The van der Waals surface area contributed by atoms with Gasteiger partial charge in [-0.1, -0.05) is 25.1 Å². The van der Waals surface area contributed by atoms with Crippen molar-refractivity contribution in [2.45, 2.75) is 25.8 Å². The minimum absolute atomic E-state index is 0.328. The maximum atomic E-state index is 12.5. The first-order valence-electron chi connectivity index (χ1n) is 8.41. The molecule has 1 atom stereocenters. The van der Waals surface area contributed by atoms with Crippen LogP contribution in [0.2, 0.25) is 0 Å². The largest absolute Gasteiger partial charge is 0.550 e. The van der Waals surface area contributed by atoms with Crippen molar-refractivity contribution in [2.75, 3.05) is 13.7 Å². The van der Waals surface area contributed by atoms with Crippen LogP contribution in [0, 0.1) is 0 Å². The van der Waals surface area contributed by atoms with Crippen LogP contribution >= 0.6 is 0 Å². The number of ether oxygens (including phenoxy) is 2. The lowest BCUT2D eigenvalue weighted by molar-refractivity contribution is -0.306. The average Bonchev–Trinajstić information content (AvgIpc) is 2.66. The van der Waals surface area contributed by atoms with Crippen LogP contribution in [0.1, 0.15) is 41.7 Å². The van der Waals surface area contributed by atoms with E-state index in [0.29, 0.717) is 29.2 Å². The van der Waals surface area contributed by atoms with Gasteiger partial charge < -0.3 is 24.7 Å². The first-order valence-corrected chi connectivity index (χ1v) is 8.41. The number of carboxylic acid groups (broad SMARTS) is 1. The molecule has 2 rings (SSSR count). The number of aliphatic carboxylic acids is 1. The molecule has 2 aromatic carbocycles. The third-order valence-electron chi connectivity index (χ3n) is 3.76. The molecule has 0 heterocycles. The summed E-state index contributed by atoms with van der Waals surface area (Å²) < 4.78 is 10.6. The normalized spacial score (nSPS) is 11.5. The van der Waals surface area contributed by atoms with E-state index in [-0.39, 0.29) is 12.3 Å². The number of hydrogen-bond acceptors (Lipinski definition) is 5. The molecule has 2 aromatic rings. The second kappa shape index (κ2) is 9.46. The highest BCUT2D eigenvalue weighted by atomic mass is 16.5. The predicted octanol–water partition coefficient (Wildman–Crippen LogP) is 2.10. The molecule has 138 valence electrons. The molecular weight excluding hydrogens is 334 g/mol. The molecule has 26 heavy (non-hydrogen) atoms. The van der Waals surface area contributed by atoms with Gasteiger partial charge in [-0.3, -0.25) is 4.79 Å². The second-order valence-corrected chi connectivity index (χ2v) is 5.75. The summed E-state index contributed by atoms with van der Waals surface area (Å²) in [6, 6.07) is 12.9. The molecule has 0 saturated carbocycles. The minimum Gasteiger partial charge on any atom is -0.550 e. The highest BCUT2D eigenvalue weighted by Crippen LogP contribution is 2.22. The van der Waals surface area contributed by atoms with E-state index in [1.54, 1.807) is 48.5 Å². The molecule has 0 fully saturated rings. The van der Waals surface area contributed by atoms with E-state index in [1.807, 2.05) is 6.92 Å². The van der Waals surface area contributed by atoms with Crippen LogP contribution < -0.4 is 19.9 Å². The van der Waals surface area contributed by atoms with Crippen molar-refractivity contribution in [3.8, 4) is 11.5 Å². The highest BCUT2D eigenvalue weighted by molar-refractivity contribution is 5.95. The number of rotatable bonds is 9. The Morgan fingerprint density at radius 2 is 1.85 bits per heavy atom. The van der Waals surface area contributed by atoms with Gasteiger partial charge >= 0.3 is 0 Å². The SMILES string of the molecule is CCCOc1ccc([C@@H](CC(=O)[O-])NC(=O)c2cccc(OC)c2)cc1. The standard InChI is InChI=1S/C20H23NO5/c1-3-11-26-16-9-7-14(8-10-16)18(13-19(22)23)21-20(24)15-5-4-6-17(12-15)25-2/h4-10,12,18H,3,11,13H2,1-2H3,(H,21,24)(H,22,23)/p-1/t18-/m1/s1. The smallest absolute Gasteiger partial charge is 0.251 e. The van der Waals surface area contributed by atoms with E-state index >= 15 is 0 Å². The molecule has 0 spiro atoms. The minimum atomic E-state index is -1.24. The van der Waals surface area contributed by atoms with Crippen molar-refractivity contribution in [3.05, 3.63) is 59.7 Å². The summed E-state index contributed by atoms with van der Waals surface area (Å²) in [6.07, 6.45) is 0.566. The summed E-state index contributed by atoms with van der Waals surface area (Å²) in [4.78, 5) is 23.6. The highest BCUT2D eigenvalue weighted by Gasteiger charge is 2.17. The number of amides is 1. The monoisotopic (exact) mass is 356 g/mol. The summed E-state index contributed by atoms with van der Waals surface area (Å²) >= 11 is 0. The van der Waals surface area contributed by atoms with Gasteiger partial charge in [0.1, 0.15) is 11.5 Å². The number of carbonyl (C=O) groups is 2. The Balaban J connectivity index is 2.15. The molecular formula is C20H22NO5-. The second-order valence-electron chi connectivity index (χ2n) is 5.75. The lowest BCUT2D eigenvalue weighted by atomic mass is 10.0. The third kappa shape index (κ3) is 5.51. The van der Waals surface area contributed by atoms with E-state index in [0.717, 1.165) is 6.42 Å². The summed E-state index contributed by atoms with van der Waals surface area (Å²) in [5, 5.41) is 13.8. The van der Waals surface area contributed by atoms with Crippen molar-refractivity contribution in [1.82, 2.24) is 5.32 Å². The number of hydrogen-bond donors (Lipinski definition) is 1. The fourth-order valence-electron chi connectivity index (χ4n) is 2.44. The molecule has 0 aliphatic heterocycles. The van der Waals surface area contributed by atoms with Gasteiger partial charge in [-0.2, -0.15) is 0 Å². The summed E-state index contributed by atoms with van der Waals surface area (Å²) in [5.41, 5.74) is 1.05. The maximum Gasteiger partial charge on any atom is 0.251 e. The topological polar surface area (TPSA) is 87.7 Å². The molecule has 6 nitrogen and oxygen atoms in total. The number of benzene rings is 2. The fourth-order valence-corrected chi connectivity index (χ4v) is 2.44. The van der Waals surface area contributed by atoms with Crippen LogP contribution in [0.25, 0.3) is 0 Å². The van der Waals surface area contributed by atoms with Gasteiger partial charge in [0.05, 0.1) is 19.8 Å². The first kappa shape index (κ1) is 19.3. The Hall–Kier alpha value is -3.02. The van der Waals surface area contributed by atoms with Gasteiger partial charge in [-0.25, -0.2) is 0 Å². The van der Waals surface area contributed by atoms with E-state index in [2.05, 4.69) is 5.32 Å². The zero-order chi connectivity index (χ0) is 18.9. The summed E-state index contributed by atoms with van der Waals surface area (Å²) in [7, 11) is 1.51. The Morgan fingerprint density at radius 3 is 2.46 bits per heavy atom. The Bertz CT molecular complexity index is 742. The van der Waals surface area contributed by atoms with Crippen molar-refractivity contribution >= 4 is 11.9 Å². The number of carboxylic acids is 1. The van der Waals surface area contributed by atoms with Crippen LogP contribution in [0.5, 0.6) is 11.5 Å². The Kier molecular flexibility index (Phi) is 7.02. The van der Waals surface area contributed by atoms with Gasteiger partial charge in [0.2, 0.25) is 0 Å². The van der Waals surface area contributed by atoms with E-state index < -0.39 is 12.0 Å². The molecule has 0 unspecified atom stereocenters. The van der Waals surface area contributed by atoms with Crippen LogP contribution in [-0.2, 0) is 4.79 Å². The fraction of sp³-hybridized carbons (Fsp3) is 0.300. The lowest BCUT2D eigenvalue weighted by Gasteiger charge is -2.20. The van der Waals surface area contributed by atoms with Crippen molar-refractivity contribution in [3.63, 3.8) is 0 Å². The molecule has 1 N–H and O–H groups in total. The van der Waals surface area contributed by atoms with Crippen molar-refractivity contribution in [2.24, 2.45) is 0 Å². The first-order chi connectivity index (χ1) is 12.5.